The fraction of sp³-hybridized carbons (Fsp3) is 0.250. The number of rotatable bonds is 1. The molecule has 0 radical (unpaired) electrons. The van der Waals surface area contributed by atoms with Crippen LogP contribution in [0.5, 0.6) is 0 Å². The van der Waals surface area contributed by atoms with E-state index in [1.54, 1.807) is 0 Å². The average Bonchev–Trinajstić information content (AvgIpc) is 2.80. The molecule has 1 aromatic heterocycles. The van der Waals surface area contributed by atoms with Gasteiger partial charge in [-0.2, -0.15) is 0 Å². The Morgan fingerprint density at radius 2 is 2.13 bits per heavy atom. The van der Waals surface area contributed by atoms with Crippen LogP contribution in [-0.4, -0.2) is 5.16 Å². The average molecular weight is 200 g/mol. The molecule has 15 heavy (non-hydrogen) atoms. The Morgan fingerprint density at radius 1 is 1.27 bits per heavy atom. The lowest BCUT2D eigenvalue weighted by Gasteiger charge is -2.02. The molecule has 0 amide bonds. The highest BCUT2D eigenvalue weighted by atomic mass is 16.5. The number of aryl methyl sites for hydroxylation is 1. The summed E-state index contributed by atoms with van der Waals surface area (Å²) in [7, 11) is 0. The predicted molar refractivity (Wildman–Crippen MR) is 57.2 cm³/mol. The Morgan fingerprint density at radius 3 is 3.00 bits per heavy atom. The molecular formula is C12H12N2O. The normalized spacial score (nSPS) is 14.2. The molecule has 3 rings (SSSR count). The molecule has 2 aromatic rings. The largest absolute Gasteiger partial charge is 0.356 e. The Labute approximate surface area is 88.1 Å². The Balaban J connectivity index is 2.17. The molecule has 0 bridgehead atoms. The van der Waals surface area contributed by atoms with Crippen molar-refractivity contribution in [2.24, 2.45) is 0 Å². The van der Waals surface area contributed by atoms with Crippen LogP contribution >= 0.6 is 0 Å². The van der Waals surface area contributed by atoms with E-state index in [9.17, 15) is 0 Å². The van der Waals surface area contributed by atoms with Crippen molar-refractivity contribution in [2.75, 3.05) is 0 Å². The summed E-state index contributed by atoms with van der Waals surface area (Å²) in [6.07, 6.45) is 0. The van der Waals surface area contributed by atoms with E-state index in [-0.39, 0.29) is 0 Å². The van der Waals surface area contributed by atoms with Crippen LogP contribution in [0.3, 0.4) is 0 Å². The van der Waals surface area contributed by atoms with Gasteiger partial charge in [-0.15, -0.1) is 0 Å². The predicted octanol–water partition coefficient (Wildman–Crippen LogP) is 2.25. The first-order valence-electron chi connectivity index (χ1n) is 5.10. The molecule has 76 valence electrons. The maximum absolute atomic E-state index is 5.41. The highest BCUT2D eigenvalue weighted by molar-refractivity contribution is 5.66. The molecule has 0 atom stereocenters. The highest BCUT2D eigenvalue weighted by Crippen LogP contribution is 2.30. The minimum absolute atomic E-state index is 0.824. The van der Waals surface area contributed by atoms with E-state index in [2.05, 4.69) is 29.5 Å². The van der Waals surface area contributed by atoms with Crippen molar-refractivity contribution in [1.29, 1.82) is 0 Å². The second-order valence-corrected chi connectivity index (χ2v) is 3.86. The smallest absolute Gasteiger partial charge is 0.171 e. The van der Waals surface area contributed by atoms with E-state index in [0.717, 1.165) is 30.1 Å². The minimum atomic E-state index is 0.824. The molecule has 0 unspecified atom stereocenters. The third-order valence-corrected chi connectivity index (χ3v) is 2.85. The first kappa shape index (κ1) is 8.68. The van der Waals surface area contributed by atoms with Gasteiger partial charge in [-0.3, -0.25) is 0 Å². The van der Waals surface area contributed by atoms with E-state index in [1.165, 1.54) is 11.1 Å². The summed E-state index contributed by atoms with van der Waals surface area (Å²) < 4.78 is 5.41. The van der Waals surface area contributed by atoms with E-state index < -0.39 is 0 Å². The molecular weight excluding hydrogens is 188 g/mol. The summed E-state index contributed by atoms with van der Waals surface area (Å²) in [5, 5.41) is 7.35. The molecule has 1 aromatic carbocycles. The van der Waals surface area contributed by atoms with Crippen molar-refractivity contribution >= 4 is 0 Å². The molecule has 0 spiro atoms. The number of nitrogens with zero attached hydrogens (tertiary/aromatic N) is 1. The Bertz CT molecular complexity index is 502. The monoisotopic (exact) mass is 200 g/mol. The Hall–Kier alpha value is -1.61. The maximum Gasteiger partial charge on any atom is 0.171 e. The lowest BCUT2D eigenvalue weighted by molar-refractivity contribution is 0.417. The highest BCUT2D eigenvalue weighted by Gasteiger charge is 2.22. The number of hydrogen-bond donors (Lipinski definition) is 1. The molecule has 1 N–H and O–H groups in total. The van der Waals surface area contributed by atoms with E-state index in [4.69, 9.17) is 4.52 Å². The molecule has 0 saturated carbocycles. The van der Waals surface area contributed by atoms with E-state index in [0.29, 0.717) is 0 Å². The number of fused-ring (bicyclic) bond motifs is 1. The van der Waals surface area contributed by atoms with Crippen molar-refractivity contribution in [2.45, 2.75) is 20.0 Å². The topological polar surface area (TPSA) is 38.1 Å². The van der Waals surface area contributed by atoms with Gasteiger partial charge in [-0.1, -0.05) is 29.4 Å². The van der Waals surface area contributed by atoms with Crippen LogP contribution in [0.4, 0.5) is 0 Å². The van der Waals surface area contributed by atoms with Gasteiger partial charge in [-0.25, -0.2) is 0 Å². The van der Waals surface area contributed by atoms with Gasteiger partial charge >= 0.3 is 0 Å². The number of benzene rings is 1. The van der Waals surface area contributed by atoms with Crippen LogP contribution < -0.4 is 5.32 Å². The summed E-state index contributed by atoms with van der Waals surface area (Å²) in [6, 6.07) is 8.23. The second kappa shape index (κ2) is 3.21. The molecule has 1 aliphatic heterocycles. The lowest BCUT2D eigenvalue weighted by Crippen LogP contribution is -2.02. The summed E-state index contributed by atoms with van der Waals surface area (Å²) in [6.45, 7) is 3.78. The zero-order valence-corrected chi connectivity index (χ0v) is 8.58. The molecule has 1 aliphatic rings. The van der Waals surface area contributed by atoms with Gasteiger partial charge in [0.1, 0.15) is 5.69 Å². The van der Waals surface area contributed by atoms with Crippen LogP contribution in [0.2, 0.25) is 0 Å². The van der Waals surface area contributed by atoms with Crippen molar-refractivity contribution < 1.29 is 4.52 Å². The number of nitrogens with one attached hydrogen (secondary N) is 1. The Kier molecular flexibility index (Phi) is 1.86. The fourth-order valence-corrected chi connectivity index (χ4v) is 2.01. The second-order valence-electron chi connectivity index (χ2n) is 3.86. The van der Waals surface area contributed by atoms with Gasteiger partial charge in [0.25, 0.3) is 0 Å². The van der Waals surface area contributed by atoms with Gasteiger partial charge in [0.2, 0.25) is 0 Å². The van der Waals surface area contributed by atoms with Crippen molar-refractivity contribution in [3.05, 3.63) is 41.1 Å². The third-order valence-electron chi connectivity index (χ3n) is 2.85. The molecule has 0 fully saturated rings. The molecule has 3 nitrogen and oxygen atoms in total. The van der Waals surface area contributed by atoms with Crippen LogP contribution in [0, 0.1) is 6.92 Å². The first-order valence-corrected chi connectivity index (χ1v) is 5.10. The van der Waals surface area contributed by atoms with Gasteiger partial charge in [0.15, 0.2) is 5.76 Å². The molecule has 0 aliphatic carbocycles. The summed E-state index contributed by atoms with van der Waals surface area (Å²) in [4.78, 5) is 0. The number of hydrogen-bond acceptors (Lipinski definition) is 3. The van der Waals surface area contributed by atoms with Crippen LogP contribution in [0.15, 0.2) is 28.8 Å². The van der Waals surface area contributed by atoms with Gasteiger partial charge in [0, 0.05) is 24.2 Å². The minimum Gasteiger partial charge on any atom is -0.356 e. The fourth-order valence-electron chi connectivity index (χ4n) is 2.01. The van der Waals surface area contributed by atoms with Gasteiger partial charge in [0.05, 0.1) is 0 Å². The van der Waals surface area contributed by atoms with Crippen LogP contribution in [-0.2, 0) is 13.1 Å². The summed E-state index contributed by atoms with van der Waals surface area (Å²) in [5.41, 5.74) is 4.64. The third kappa shape index (κ3) is 1.27. The standard InChI is InChI=1S/C12H12N2O/c1-8-4-2-3-5-9(8)12-10-6-13-7-11(10)14-15-12/h2-5,13H,6-7H2,1H3. The van der Waals surface area contributed by atoms with Crippen molar-refractivity contribution in [3.63, 3.8) is 0 Å². The van der Waals surface area contributed by atoms with Crippen LogP contribution in [0.25, 0.3) is 11.3 Å². The summed E-state index contributed by atoms with van der Waals surface area (Å²) >= 11 is 0. The van der Waals surface area contributed by atoms with Gasteiger partial charge in [-0.05, 0) is 12.5 Å². The van der Waals surface area contributed by atoms with Crippen LogP contribution in [0.1, 0.15) is 16.8 Å². The molecule has 3 heteroatoms. The van der Waals surface area contributed by atoms with Crippen molar-refractivity contribution in [3.8, 4) is 11.3 Å². The lowest BCUT2D eigenvalue weighted by atomic mass is 10.0. The van der Waals surface area contributed by atoms with Gasteiger partial charge < -0.3 is 9.84 Å². The zero-order valence-electron chi connectivity index (χ0n) is 8.58. The molecule has 0 saturated heterocycles. The van der Waals surface area contributed by atoms with E-state index >= 15 is 0 Å². The zero-order chi connectivity index (χ0) is 10.3. The molecule has 2 heterocycles. The number of aromatic nitrogens is 1. The van der Waals surface area contributed by atoms with E-state index in [1.807, 2.05) is 12.1 Å². The van der Waals surface area contributed by atoms with Crippen molar-refractivity contribution in [1.82, 2.24) is 10.5 Å². The maximum atomic E-state index is 5.41. The SMILES string of the molecule is Cc1ccccc1-c1onc2c1CNC2. The first-order chi connectivity index (χ1) is 7.36. The quantitative estimate of drug-likeness (QED) is 0.767. The summed E-state index contributed by atoms with van der Waals surface area (Å²) in [5.74, 6) is 0.924.